The van der Waals surface area contributed by atoms with Crippen LogP contribution in [-0.4, -0.2) is 52.2 Å². The number of amides is 4. The molecule has 2 heterocycles. The third kappa shape index (κ3) is 5.80. The van der Waals surface area contributed by atoms with Gasteiger partial charge in [0.25, 0.3) is 5.91 Å². The maximum absolute atomic E-state index is 13.7. The highest BCUT2D eigenvalue weighted by molar-refractivity contribution is 6.20. The lowest BCUT2D eigenvalue weighted by atomic mass is 9.82. The molecule has 41 heavy (non-hydrogen) atoms. The maximum atomic E-state index is 13.7. The largest absolute Gasteiger partial charge is 0.405 e. The van der Waals surface area contributed by atoms with Crippen LogP contribution in [0.3, 0.4) is 0 Å². The lowest BCUT2D eigenvalue weighted by Gasteiger charge is -2.28. The molecule has 10 nitrogen and oxygen atoms in total. The molecule has 2 atom stereocenters. The van der Waals surface area contributed by atoms with Gasteiger partial charge in [-0.2, -0.15) is 18.3 Å². The third-order valence-corrected chi connectivity index (χ3v) is 8.11. The van der Waals surface area contributed by atoms with E-state index in [0.717, 1.165) is 25.7 Å². The number of benzene rings is 1. The predicted octanol–water partition coefficient (Wildman–Crippen LogP) is 3.53. The summed E-state index contributed by atoms with van der Waals surface area (Å²) in [5, 5.41) is 14.4. The molecule has 0 spiro atoms. The van der Waals surface area contributed by atoms with Crippen molar-refractivity contribution in [2.75, 3.05) is 17.2 Å². The summed E-state index contributed by atoms with van der Waals surface area (Å²) < 4.78 is 39.6. The van der Waals surface area contributed by atoms with Crippen LogP contribution in [-0.2, 0) is 19.8 Å². The van der Waals surface area contributed by atoms with Gasteiger partial charge in [-0.05, 0) is 82.4 Å². The summed E-state index contributed by atoms with van der Waals surface area (Å²) >= 11 is 0. The predicted molar refractivity (Wildman–Crippen MR) is 143 cm³/mol. The van der Waals surface area contributed by atoms with Crippen molar-refractivity contribution in [1.29, 1.82) is 0 Å². The maximum Gasteiger partial charge on any atom is 0.405 e. The topological polar surface area (TPSA) is 134 Å². The van der Waals surface area contributed by atoms with Gasteiger partial charge in [-0.3, -0.25) is 23.9 Å². The van der Waals surface area contributed by atoms with E-state index in [4.69, 9.17) is 0 Å². The molecule has 2 aromatic rings. The van der Waals surface area contributed by atoms with Crippen molar-refractivity contribution in [2.45, 2.75) is 70.1 Å². The van der Waals surface area contributed by atoms with Crippen LogP contribution < -0.4 is 21.3 Å². The Hall–Kier alpha value is -3.90. The summed E-state index contributed by atoms with van der Waals surface area (Å²) in [5.74, 6) is -2.01. The van der Waals surface area contributed by atoms with Crippen LogP contribution in [0.4, 0.5) is 24.5 Å². The molecular weight excluding hydrogens is 541 g/mol. The molecular formula is C28H33F3N6O4. The second kappa shape index (κ2) is 10.5. The molecule has 0 saturated heterocycles. The molecule has 1 aliphatic heterocycles. The number of nitrogens with zero attached hydrogens (tertiary/aromatic N) is 2. The van der Waals surface area contributed by atoms with E-state index in [1.165, 1.54) is 25.1 Å². The normalized spacial score (nSPS) is 20.9. The van der Waals surface area contributed by atoms with Gasteiger partial charge in [0.1, 0.15) is 18.3 Å². The first-order valence-corrected chi connectivity index (χ1v) is 13.8. The first kappa shape index (κ1) is 28.6. The Kier molecular flexibility index (Phi) is 7.33. The van der Waals surface area contributed by atoms with Crippen LogP contribution in [0, 0.1) is 17.8 Å². The molecule has 2 aliphatic carbocycles. The zero-order valence-electron chi connectivity index (χ0n) is 23.0. The quantitative estimate of drug-likeness (QED) is 0.322. The van der Waals surface area contributed by atoms with Crippen molar-refractivity contribution in [2.24, 2.45) is 17.8 Å². The Morgan fingerprint density at radius 2 is 1.78 bits per heavy atom. The number of nitrogens with one attached hydrogen (secondary N) is 4. The van der Waals surface area contributed by atoms with E-state index < -0.39 is 47.8 Å². The van der Waals surface area contributed by atoms with Gasteiger partial charge in [-0.25, -0.2) is 0 Å². The monoisotopic (exact) mass is 574 g/mol. The van der Waals surface area contributed by atoms with Gasteiger partial charge in [0, 0.05) is 29.2 Å². The van der Waals surface area contributed by atoms with Crippen molar-refractivity contribution in [1.82, 2.24) is 20.4 Å². The van der Waals surface area contributed by atoms with Crippen LogP contribution in [0.5, 0.6) is 0 Å². The zero-order chi connectivity index (χ0) is 29.7. The molecule has 0 unspecified atom stereocenters. The molecule has 4 amide bonds. The minimum atomic E-state index is -4.63. The SMILES string of the molecule is CC(C)n1nccc1C(=O)N[C@H](C(=O)Nc1ccc2c(c1)NC(=O)[C@]2(C)C(=O)NCC(F)(F)F)C(C1CC1)C1CC1. The molecule has 3 aliphatic rings. The van der Waals surface area contributed by atoms with E-state index in [9.17, 15) is 32.3 Å². The van der Waals surface area contributed by atoms with Gasteiger partial charge in [0.15, 0.2) is 5.41 Å². The fraction of sp³-hybridized carbons (Fsp3) is 0.536. The number of hydrogen-bond donors (Lipinski definition) is 4. The van der Waals surface area contributed by atoms with Gasteiger partial charge < -0.3 is 21.3 Å². The smallest absolute Gasteiger partial charge is 0.346 e. The third-order valence-electron chi connectivity index (χ3n) is 8.11. The lowest BCUT2D eigenvalue weighted by Crippen LogP contribution is -2.50. The van der Waals surface area contributed by atoms with Crippen molar-refractivity contribution in [3.05, 3.63) is 41.7 Å². The summed E-state index contributed by atoms with van der Waals surface area (Å²) in [7, 11) is 0. The van der Waals surface area contributed by atoms with Crippen LogP contribution in [0.25, 0.3) is 0 Å². The number of carbonyl (C=O) groups excluding carboxylic acids is 4. The minimum absolute atomic E-state index is 0.0240. The molecule has 2 fully saturated rings. The van der Waals surface area contributed by atoms with Gasteiger partial charge >= 0.3 is 6.18 Å². The van der Waals surface area contributed by atoms with E-state index in [-0.39, 0.29) is 23.2 Å². The summed E-state index contributed by atoms with van der Waals surface area (Å²) in [5.41, 5.74) is -0.805. The molecule has 1 aromatic carbocycles. The summed E-state index contributed by atoms with van der Waals surface area (Å²) in [4.78, 5) is 52.4. The Morgan fingerprint density at radius 1 is 1.12 bits per heavy atom. The van der Waals surface area contributed by atoms with E-state index in [1.807, 2.05) is 13.8 Å². The highest BCUT2D eigenvalue weighted by Crippen LogP contribution is 2.51. The fourth-order valence-electron chi connectivity index (χ4n) is 5.68. The van der Waals surface area contributed by atoms with Crippen molar-refractivity contribution in [3.8, 4) is 0 Å². The molecule has 2 saturated carbocycles. The lowest BCUT2D eigenvalue weighted by molar-refractivity contribution is -0.144. The van der Waals surface area contributed by atoms with Crippen molar-refractivity contribution < 1.29 is 32.3 Å². The molecule has 4 N–H and O–H groups in total. The first-order valence-electron chi connectivity index (χ1n) is 13.8. The minimum Gasteiger partial charge on any atom is -0.346 e. The van der Waals surface area contributed by atoms with Crippen LogP contribution in [0.2, 0.25) is 0 Å². The van der Waals surface area contributed by atoms with Gasteiger partial charge in [0.2, 0.25) is 17.7 Å². The van der Waals surface area contributed by atoms with Crippen LogP contribution in [0.15, 0.2) is 30.5 Å². The molecule has 220 valence electrons. The fourth-order valence-corrected chi connectivity index (χ4v) is 5.68. The Morgan fingerprint density at radius 3 is 2.37 bits per heavy atom. The van der Waals surface area contributed by atoms with Crippen molar-refractivity contribution in [3.63, 3.8) is 0 Å². The number of alkyl halides is 3. The number of carbonyl (C=O) groups is 4. The van der Waals surface area contributed by atoms with E-state index >= 15 is 0 Å². The van der Waals surface area contributed by atoms with Crippen LogP contribution in [0.1, 0.15) is 68.5 Å². The molecule has 0 bridgehead atoms. The van der Waals surface area contributed by atoms with Crippen LogP contribution >= 0.6 is 0 Å². The molecule has 0 radical (unpaired) electrons. The number of fused-ring (bicyclic) bond motifs is 1. The van der Waals surface area contributed by atoms with E-state index in [2.05, 4.69) is 21.0 Å². The zero-order valence-corrected chi connectivity index (χ0v) is 23.0. The second-order valence-electron chi connectivity index (χ2n) is 11.6. The molecule has 13 heteroatoms. The summed E-state index contributed by atoms with van der Waals surface area (Å²) in [6.07, 6.45) is 0.876. The number of anilines is 2. The highest BCUT2D eigenvalue weighted by Gasteiger charge is 2.51. The van der Waals surface area contributed by atoms with E-state index in [1.54, 1.807) is 22.3 Å². The first-order chi connectivity index (χ1) is 19.3. The van der Waals surface area contributed by atoms with Gasteiger partial charge in [-0.1, -0.05) is 6.07 Å². The standard InChI is InChI=1S/C28H33F3N6O4/c1-14(2)37-20(10-11-33-37)23(38)36-22(21(15-4-5-15)16-6-7-16)24(39)34-17-8-9-18-19(12-17)35-26(41)27(18,3)25(40)32-13-28(29,30)31/h8-12,14-16,21-22H,4-7,13H2,1-3H3,(H,32,40)(H,34,39)(H,35,41)(H,36,38)/t22-,27-/m0/s1. The molecule has 5 rings (SSSR count). The average molecular weight is 575 g/mol. The molecule has 1 aromatic heterocycles. The Labute approximate surface area is 234 Å². The summed E-state index contributed by atoms with van der Waals surface area (Å²) in [6, 6.07) is 5.14. The number of hydrogen-bond acceptors (Lipinski definition) is 5. The van der Waals surface area contributed by atoms with Gasteiger partial charge in [-0.15, -0.1) is 0 Å². The Bertz CT molecular complexity index is 1370. The average Bonchev–Trinajstić information content (AvgIpc) is 3.84. The number of halogens is 3. The number of rotatable bonds is 10. The highest BCUT2D eigenvalue weighted by atomic mass is 19.4. The van der Waals surface area contributed by atoms with Gasteiger partial charge in [0.05, 0.1) is 0 Å². The van der Waals surface area contributed by atoms with E-state index in [0.29, 0.717) is 23.2 Å². The summed E-state index contributed by atoms with van der Waals surface area (Å²) in [6.45, 7) is 3.50. The Balaban J connectivity index is 1.36. The second-order valence-corrected chi connectivity index (χ2v) is 11.6. The van der Waals surface area contributed by atoms with Crippen molar-refractivity contribution >= 4 is 35.0 Å². The number of aromatic nitrogens is 2.